The molecule has 1 saturated heterocycles. The quantitative estimate of drug-likeness (QED) is 0.805. The van der Waals surface area contributed by atoms with Crippen LogP contribution in [0.15, 0.2) is 16.8 Å². The first-order valence-electron chi connectivity index (χ1n) is 5.12. The second-order valence-corrected chi connectivity index (χ2v) is 4.76. The van der Waals surface area contributed by atoms with Gasteiger partial charge < -0.3 is 10.1 Å². The molecule has 1 fully saturated rings. The molecule has 14 heavy (non-hydrogen) atoms. The van der Waals surface area contributed by atoms with Crippen LogP contribution < -0.4 is 5.32 Å². The Balaban J connectivity index is 1.72. The number of nitrogens with one attached hydrogen (secondary N) is 1. The molecule has 1 aliphatic rings. The predicted molar refractivity (Wildman–Crippen MR) is 59.9 cm³/mol. The summed E-state index contributed by atoms with van der Waals surface area (Å²) in [6, 6.07) is 2.21. The van der Waals surface area contributed by atoms with Crippen molar-refractivity contribution >= 4 is 11.3 Å². The van der Waals surface area contributed by atoms with Crippen molar-refractivity contribution < 1.29 is 4.74 Å². The molecule has 0 aromatic carbocycles. The molecule has 1 N–H and O–H groups in total. The first-order valence-corrected chi connectivity index (χ1v) is 6.06. The van der Waals surface area contributed by atoms with Gasteiger partial charge in [-0.15, -0.1) is 0 Å². The molecule has 2 rings (SSSR count). The van der Waals surface area contributed by atoms with Gasteiger partial charge in [0.05, 0.1) is 5.60 Å². The zero-order valence-corrected chi connectivity index (χ0v) is 9.40. The average molecular weight is 211 g/mol. The van der Waals surface area contributed by atoms with Crippen molar-refractivity contribution in [2.45, 2.75) is 24.9 Å². The number of aryl methyl sites for hydroxylation is 1. The fourth-order valence-corrected chi connectivity index (χ4v) is 2.58. The van der Waals surface area contributed by atoms with Crippen molar-refractivity contribution in [1.29, 1.82) is 0 Å². The van der Waals surface area contributed by atoms with Crippen LogP contribution in [-0.4, -0.2) is 25.8 Å². The minimum Gasteiger partial charge on any atom is -0.376 e. The lowest BCUT2D eigenvalue weighted by Gasteiger charge is -2.41. The molecule has 0 atom stereocenters. The molecule has 0 amide bonds. The van der Waals surface area contributed by atoms with E-state index in [0.29, 0.717) is 0 Å². The van der Waals surface area contributed by atoms with Crippen LogP contribution in [0.3, 0.4) is 0 Å². The average Bonchev–Trinajstić information content (AvgIpc) is 2.62. The van der Waals surface area contributed by atoms with Crippen LogP contribution in [0.25, 0.3) is 0 Å². The van der Waals surface area contributed by atoms with E-state index >= 15 is 0 Å². The largest absolute Gasteiger partial charge is 0.376 e. The number of rotatable bonds is 5. The maximum absolute atomic E-state index is 5.53. The van der Waals surface area contributed by atoms with Crippen molar-refractivity contribution in [3.05, 3.63) is 22.4 Å². The maximum atomic E-state index is 5.53. The molecular weight excluding hydrogens is 194 g/mol. The van der Waals surface area contributed by atoms with Crippen LogP contribution in [0, 0.1) is 0 Å². The minimum atomic E-state index is 0.149. The van der Waals surface area contributed by atoms with Crippen molar-refractivity contribution in [2.24, 2.45) is 0 Å². The number of thiophene rings is 1. The van der Waals surface area contributed by atoms with Gasteiger partial charge in [-0.25, -0.2) is 0 Å². The molecule has 1 aliphatic heterocycles. The standard InChI is InChI=1S/C11H17NOS/c1-13-11(8-12-9-11)5-2-3-10-4-6-14-7-10/h4,6-7,12H,2-3,5,8-9H2,1H3. The molecule has 0 aliphatic carbocycles. The van der Waals surface area contributed by atoms with Crippen molar-refractivity contribution in [2.75, 3.05) is 20.2 Å². The molecule has 0 radical (unpaired) electrons. The Morgan fingerprint density at radius 1 is 1.57 bits per heavy atom. The highest BCUT2D eigenvalue weighted by Gasteiger charge is 2.35. The molecule has 1 aromatic heterocycles. The molecule has 2 nitrogen and oxygen atoms in total. The third-order valence-electron chi connectivity index (χ3n) is 3.01. The molecule has 3 heteroatoms. The van der Waals surface area contributed by atoms with Gasteiger partial charge in [0.25, 0.3) is 0 Å². The highest BCUT2D eigenvalue weighted by atomic mass is 32.1. The second-order valence-electron chi connectivity index (χ2n) is 3.98. The highest BCUT2D eigenvalue weighted by Crippen LogP contribution is 2.23. The summed E-state index contributed by atoms with van der Waals surface area (Å²) >= 11 is 1.78. The van der Waals surface area contributed by atoms with Crippen LogP contribution >= 0.6 is 11.3 Å². The van der Waals surface area contributed by atoms with Crippen molar-refractivity contribution in [3.8, 4) is 0 Å². The Kier molecular flexibility index (Phi) is 3.21. The SMILES string of the molecule is COC1(CCCc2ccsc2)CNC1. The number of methoxy groups -OCH3 is 1. The highest BCUT2D eigenvalue weighted by molar-refractivity contribution is 7.07. The van der Waals surface area contributed by atoms with Gasteiger partial charge in [-0.1, -0.05) is 0 Å². The van der Waals surface area contributed by atoms with Crippen LogP contribution in [0.2, 0.25) is 0 Å². The van der Waals surface area contributed by atoms with E-state index in [-0.39, 0.29) is 5.60 Å². The van der Waals surface area contributed by atoms with E-state index in [1.54, 1.807) is 11.3 Å². The van der Waals surface area contributed by atoms with E-state index < -0.39 is 0 Å². The lowest BCUT2D eigenvalue weighted by molar-refractivity contribution is -0.0581. The van der Waals surface area contributed by atoms with Gasteiger partial charge >= 0.3 is 0 Å². The maximum Gasteiger partial charge on any atom is 0.0926 e. The lowest BCUT2D eigenvalue weighted by atomic mass is 9.90. The zero-order valence-electron chi connectivity index (χ0n) is 8.58. The molecule has 0 unspecified atom stereocenters. The molecule has 2 heterocycles. The van der Waals surface area contributed by atoms with Gasteiger partial charge in [-0.2, -0.15) is 11.3 Å². The molecule has 0 saturated carbocycles. The summed E-state index contributed by atoms with van der Waals surface area (Å²) in [6.07, 6.45) is 3.59. The molecule has 0 bridgehead atoms. The molecule has 1 aromatic rings. The summed E-state index contributed by atoms with van der Waals surface area (Å²) < 4.78 is 5.53. The van der Waals surface area contributed by atoms with E-state index in [9.17, 15) is 0 Å². The van der Waals surface area contributed by atoms with Gasteiger partial charge in [-0.3, -0.25) is 0 Å². The van der Waals surface area contributed by atoms with E-state index in [0.717, 1.165) is 13.1 Å². The normalized spacial score (nSPS) is 19.2. The van der Waals surface area contributed by atoms with E-state index in [1.165, 1.54) is 24.8 Å². The number of ether oxygens (including phenoxy) is 1. The third kappa shape index (κ3) is 2.16. The first-order chi connectivity index (χ1) is 6.85. The Morgan fingerprint density at radius 2 is 2.43 bits per heavy atom. The Hall–Kier alpha value is -0.380. The molecular formula is C11H17NOS. The van der Waals surface area contributed by atoms with Gasteiger partial charge in [0.2, 0.25) is 0 Å². The van der Waals surface area contributed by atoms with Gasteiger partial charge in [0.15, 0.2) is 0 Å². The topological polar surface area (TPSA) is 21.3 Å². The van der Waals surface area contributed by atoms with Crippen LogP contribution in [-0.2, 0) is 11.2 Å². The van der Waals surface area contributed by atoms with E-state index in [4.69, 9.17) is 4.74 Å². The Labute approximate surface area is 89.3 Å². The van der Waals surface area contributed by atoms with Crippen LogP contribution in [0.1, 0.15) is 18.4 Å². The van der Waals surface area contributed by atoms with Gasteiger partial charge in [-0.05, 0) is 41.7 Å². The number of hydrogen-bond acceptors (Lipinski definition) is 3. The Morgan fingerprint density at radius 3 is 2.93 bits per heavy atom. The fraction of sp³-hybridized carbons (Fsp3) is 0.636. The summed E-state index contributed by atoms with van der Waals surface area (Å²) in [5.41, 5.74) is 1.62. The summed E-state index contributed by atoms with van der Waals surface area (Å²) in [6.45, 7) is 2.04. The van der Waals surface area contributed by atoms with E-state index in [1.807, 2.05) is 7.11 Å². The second kappa shape index (κ2) is 4.43. The monoisotopic (exact) mass is 211 g/mol. The van der Waals surface area contributed by atoms with Crippen molar-refractivity contribution in [1.82, 2.24) is 5.32 Å². The number of hydrogen-bond donors (Lipinski definition) is 1. The third-order valence-corrected chi connectivity index (χ3v) is 3.74. The van der Waals surface area contributed by atoms with Crippen LogP contribution in [0.4, 0.5) is 0 Å². The summed E-state index contributed by atoms with van der Waals surface area (Å²) in [7, 11) is 1.82. The first kappa shape index (κ1) is 10.1. The van der Waals surface area contributed by atoms with Gasteiger partial charge in [0.1, 0.15) is 0 Å². The summed E-state index contributed by atoms with van der Waals surface area (Å²) in [4.78, 5) is 0. The zero-order chi connectivity index (χ0) is 9.86. The fourth-order valence-electron chi connectivity index (χ4n) is 1.88. The minimum absolute atomic E-state index is 0.149. The summed E-state index contributed by atoms with van der Waals surface area (Å²) in [5.74, 6) is 0. The molecule has 0 spiro atoms. The molecule has 78 valence electrons. The van der Waals surface area contributed by atoms with Crippen LogP contribution in [0.5, 0.6) is 0 Å². The summed E-state index contributed by atoms with van der Waals surface area (Å²) in [5, 5.41) is 7.65. The lowest BCUT2D eigenvalue weighted by Crippen LogP contribution is -2.60. The van der Waals surface area contributed by atoms with Gasteiger partial charge in [0, 0.05) is 20.2 Å². The smallest absolute Gasteiger partial charge is 0.0926 e. The van der Waals surface area contributed by atoms with Crippen molar-refractivity contribution in [3.63, 3.8) is 0 Å². The Bertz CT molecular complexity index is 261. The van der Waals surface area contributed by atoms with E-state index in [2.05, 4.69) is 22.1 Å². The predicted octanol–water partition coefficient (Wildman–Crippen LogP) is 2.06.